The lowest BCUT2D eigenvalue weighted by molar-refractivity contribution is -0.142. The monoisotopic (exact) mass is 551 g/mol. The molecule has 7 amide bonds. The first-order valence-electron chi connectivity index (χ1n) is 13.4. The molecule has 0 spiro atoms. The normalized spacial score (nSPS) is 19.8. The minimum Gasteiger partial charge on any atom is -0.363 e. The first-order chi connectivity index (χ1) is 17.9. The first kappa shape index (κ1) is 31.8. The maximum Gasteiger partial charge on any atom is 0.319 e. The molecule has 2 aliphatic heterocycles. The van der Waals surface area contributed by atoms with Crippen LogP contribution in [0.1, 0.15) is 60.8 Å². The quantitative estimate of drug-likeness (QED) is 0.294. The fourth-order valence-corrected chi connectivity index (χ4v) is 4.68. The van der Waals surface area contributed by atoms with Gasteiger partial charge >= 0.3 is 12.1 Å². The zero-order chi connectivity index (χ0) is 29.7. The van der Waals surface area contributed by atoms with Gasteiger partial charge in [-0.1, -0.05) is 41.5 Å². The van der Waals surface area contributed by atoms with Crippen LogP contribution in [0.4, 0.5) is 9.59 Å². The Morgan fingerprint density at radius 3 is 2.15 bits per heavy atom. The summed E-state index contributed by atoms with van der Waals surface area (Å²) in [5.41, 5.74) is 3.87. The Morgan fingerprint density at radius 2 is 1.59 bits per heavy atom. The predicted octanol–water partition coefficient (Wildman–Crippen LogP) is 0.0341. The van der Waals surface area contributed by atoms with Crippen LogP contribution in [0.3, 0.4) is 0 Å². The number of hydrogen-bond acceptors (Lipinski definition) is 6. The van der Waals surface area contributed by atoms with Crippen molar-refractivity contribution < 1.29 is 28.8 Å². The van der Waals surface area contributed by atoms with Gasteiger partial charge in [0.2, 0.25) is 17.6 Å². The van der Waals surface area contributed by atoms with Crippen LogP contribution in [0.15, 0.2) is 0 Å². The van der Waals surface area contributed by atoms with Crippen molar-refractivity contribution in [2.45, 2.75) is 78.9 Å². The minimum atomic E-state index is -1.15. The molecule has 0 radical (unpaired) electrons. The van der Waals surface area contributed by atoms with Crippen molar-refractivity contribution in [1.29, 1.82) is 0 Å². The summed E-state index contributed by atoms with van der Waals surface area (Å²) < 4.78 is 0. The Bertz CT molecular complexity index is 971. The van der Waals surface area contributed by atoms with Gasteiger partial charge in [-0.05, 0) is 30.1 Å². The van der Waals surface area contributed by atoms with E-state index in [1.165, 1.54) is 4.90 Å². The third-order valence-corrected chi connectivity index (χ3v) is 7.20. The number of carbonyl (C=O) groups is 6. The van der Waals surface area contributed by atoms with Gasteiger partial charge in [-0.2, -0.15) is 0 Å². The van der Waals surface area contributed by atoms with E-state index in [-0.39, 0.29) is 11.4 Å². The summed E-state index contributed by atoms with van der Waals surface area (Å²) >= 11 is 0. The largest absolute Gasteiger partial charge is 0.363 e. The third-order valence-electron chi connectivity index (χ3n) is 7.20. The number of likely N-dealkylation sites (tertiary alicyclic amines) is 1. The van der Waals surface area contributed by atoms with Gasteiger partial charge < -0.3 is 36.4 Å². The summed E-state index contributed by atoms with van der Waals surface area (Å²) in [5, 5.41) is 8.17. The Kier molecular flexibility index (Phi) is 10.3. The number of urea groups is 2. The zero-order valence-electron chi connectivity index (χ0n) is 24.3. The maximum atomic E-state index is 13.7. The summed E-state index contributed by atoms with van der Waals surface area (Å²) in [4.78, 5) is 79.6. The average Bonchev–Trinajstić information content (AvgIpc) is 3.31. The van der Waals surface area contributed by atoms with Gasteiger partial charge in [0.15, 0.2) is 0 Å². The molecule has 0 aromatic carbocycles. The molecule has 2 rings (SSSR count). The predicted molar refractivity (Wildman–Crippen MR) is 144 cm³/mol. The van der Waals surface area contributed by atoms with Crippen molar-refractivity contribution >= 4 is 35.6 Å². The van der Waals surface area contributed by atoms with Crippen LogP contribution < -0.4 is 21.7 Å². The van der Waals surface area contributed by atoms with Crippen LogP contribution in [0.25, 0.3) is 0 Å². The second kappa shape index (κ2) is 12.6. The lowest BCUT2D eigenvalue weighted by atomic mass is 9.85. The fourth-order valence-electron chi connectivity index (χ4n) is 4.68. The summed E-state index contributed by atoms with van der Waals surface area (Å²) in [5.74, 6) is -3.06. The molecule has 2 saturated heterocycles. The van der Waals surface area contributed by atoms with E-state index in [0.29, 0.717) is 39.0 Å². The zero-order valence-corrected chi connectivity index (χ0v) is 24.3. The molecule has 0 saturated carbocycles. The molecule has 0 bridgehead atoms. The highest BCUT2D eigenvalue weighted by atomic mass is 16.2. The molecule has 2 fully saturated rings. The molecule has 220 valence electrons. The smallest absolute Gasteiger partial charge is 0.319 e. The maximum absolute atomic E-state index is 13.7. The van der Waals surface area contributed by atoms with Gasteiger partial charge in [-0.3, -0.25) is 19.2 Å². The van der Waals surface area contributed by atoms with E-state index < -0.39 is 59.6 Å². The highest BCUT2D eigenvalue weighted by Gasteiger charge is 2.42. The fraction of sp³-hybridized carbons (Fsp3) is 0.769. The minimum absolute atomic E-state index is 0.0867. The lowest BCUT2D eigenvalue weighted by Gasteiger charge is -2.40. The van der Waals surface area contributed by atoms with Gasteiger partial charge in [0, 0.05) is 33.2 Å². The van der Waals surface area contributed by atoms with Crippen molar-refractivity contribution in [1.82, 2.24) is 30.7 Å². The Hall–Kier alpha value is -3.38. The molecule has 0 aromatic heterocycles. The molecule has 3 atom stereocenters. The van der Waals surface area contributed by atoms with E-state index in [1.54, 1.807) is 16.8 Å². The number of nitrogens with two attached hydrogens (primary N) is 1. The number of amides is 7. The number of carbonyl (C=O) groups excluding carboxylic acids is 6. The summed E-state index contributed by atoms with van der Waals surface area (Å²) in [6.45, 7) is 12.7. The number of Topliss-reactive ketones (excluding diaryl/α,β-unsaturated/α-hetero) is 1. The topological polar surface area (TPSA) is 174 Å². The number of nitrogens with zero attached hydrogens (tertiary/aromatic N) is 3. The van der Waals surface area contributed by atoms with Crippen LogP contribution in [0.2, 0.25) is 0 Å². The highest BCUT2D eigenvalue weighted by molar-refractivity contribution is 6.36. The van der Waals surface area contributed by atoms with E-state index >= 15 is 0 Å². The summed E-state index contributed by atoms with van der Waals surface area (Å²) in [7, 11) is 1.75. The second-order valence-electron chi connectivity index (χ2n) is 12.5. The van der Waals surface area contributed by atoms with E-state index in [0.717, 1.165) is 6.42 Å². The molecular weight excluding hydrogens is 506 g/mol. The van der Waals surface area contributed by atoms with E-state index in [9.17, 15) is 28.8 Å². The van der Waals surface area contributed by atoms with Crippen LogP contribution >= 0.6 is 0 Å². The number of primary amides is 1. The SMILES string of the molecule is CN1CCCN(C[C@@H](NC(=O)N[C@H](C(=O)N2CCC[C@H]2C(=O)NCC(=O)C(N)=O)C(C)(C)C)C(C)(C)C)C1=O. The second-order valence-corrected chi connectivity index (χ2v) is 12.5. The number of hydrogen-bond donors (Lipinski definition) is 4. The lowest BCUT2D eigenvalue weighted by Crippen LogP contribution is -2.62. The highest BCUT2D eigenvalue weighted by Crippen LogP contribution is 2.26. The van der Waals surface area contributed by atoms with E-state index in [1.807, 2.05) is 41.5 Å². The van der Waals surface area contributed by atoms with Crippen molar-refractivity contribution in [3.8, 4) is 0 Å². The van der Waals surface area contributed by atoms with Crippen molar-refractivity contribution in [2.24, 2.45) is 16.6 Å². The van der Waals surface area contributed by atoms with Crippen LogP contribution in [0.5, 0.6) is 0 Å². The van der Waals surface area contributed by atoms with Gasteiger partial charge in [0.05, 0.1) is 12.6 Å². The van der Waals surface area contributed by atoms with Crippen molar-refractivity contribution in [3.05, 3.63) is 0 Å². The van der Waals surface area contributed by atoms with Gasteiger partial charge in [0.1, 0.15) is 12.1 Å². The van der Waals surface area contributed by atoms with Crippen LogP contribution in [-0.4, -0.2) is 108 Å². The molecule has 2 aliphatic rings. The molecule has 0 aromatic rings. The van der Waals surface area contributed by atoms with Gasteiger partial charge in [-0.25, -0.2) is 9.59 Å². The molecule has 0 unspecified atom stereocenters. The molecule has 13 nitrogen and oxygen atoms in total. The Morgan fingerprint density at radius 1 is 0.949 bits per heavy atom. The number of nitrogens with one attached hydrogen (secondary N) is 3. The van der Waals surface area contributed by atoms with Crippen LogP contribution in [-0.2, 0) is 19.2 Å². The first-order valence-corrected chi connectivity index (χ1v) is 13.4. The molecular formula is C26H45N7O6. The molecule has 2 heterocycles. The van der Waals surface area contributed by atoms with E-state index in [4.69, 9.17) is 5.73 Å². The van der Waals surface area contributed by atoms with Gasteiger partial charge in [-0.15, -0.1) is 0 Å². The van der Waals surface area contributed by atoms with Crippen molar-refractivity contribution in [2.75, 3.05) is 39.8 Å². The number of ketones is 1. The third kappa shape index (κ3) is 8.56. The average molecular weight is 552 g/mol. The standard InChI is InChI=1S/C26H45N7O6/c1-25(2,3)18(15-32-12-9-11-31(7)24(32)39)29-23(38)30-19(26(4,5)6)22(37)33-13-8-10-16(33)21(36)28-14-17(34)20(27)35/h16,18-19H,8-15H2,1-7H3,(H2,27,35)(H,28,36)(H2,29,30,38)/t16-,18+,19+/m0/s1. The molecule has 13 heteroatoms. The molecule has 5 N–H and O–H groups in total. The van der Waals surface area contributed by atoms with Gasteiger partial charge in [0.25, 0.3) is 5.91 Å². The van der Waals surface area contributed by atoms with Crippen LogP contribution in [0, 0.1) is 10.8 Å². The number of rotatable bonds is 9. The summed E-state index contributed by atoms with van der Waals surface area (Å²) in [6.07, 6.45) is 1.80. The Balaban J connectivity index is 2.13. The van der Waals surface area contributed by atoms with E-state index in [2.05, 4.69) is 16.0 Å². The van der Waals surface area contributed by atoms with Crippen molar-refractivity contribution in [3.63, 3.8) is 0 Å². The summed E-state index contributed by atoms with van der Waals surface area (Å²) in [6, 6.07) is -2.82. The molecule has 39 heavy (non-hydrogen) atoms. The Labute approximate surface area is 230 Å². The molecule has 0 aliphatic carbocycles.